The van der Waals surface area contributed by atoms with E-state index >= 15 is 0 Å². The minimum absolute atomic E-state index is 0.0230. The van der Waals surface area contributed by atoms with Crippen LogP contribution in [-0.4, -0.2) is 29.3 Å². The van der Waals surface area contributed by atoms with E-state index in [1.807, 2.05) is 53.1 Å². The van der Waals surface area contributed by atoms with Crippen LogP contribution >= 0.6 is 0 Å². The smallest absolute Gasteiger partial charge is 0.291 e. The van der Waals surface area contributed by atoms with Crippen LogP contribution in [-0.2, 0) is 6.54 Å². The molecule has 0 aliphatic heterocycles. The molecule has 7 heteroatoms. The SMILES string of the molecule is O=c1n(-c2ccccc2)cc(C2CCCCC2)n1Cc1ccc(-c2ccccc2-n2cnnn2)cc1. The number of imidazole rings is 1. The standard InChI is InChI=1S/C29H28N6O/c36-29-33(25-11-5-2-6-12-25)20-28(24-9-3-1-4-10-24)34(29)19-22-15-17-23(18-16-22)26-13-7-8-14-27(26)35-21-30-31-32-35/h2,5-8,11-18,20-21,24H,1,3-4,9-10,19H2. The maximum absolute atomic E-state index is 13.6. The molecule has 1 aliphatic carbocycles. The van der Waals surface area contributed by atoms with Crippen LogP contribution in [0.2, 0.25) is 0 Å². The summed E-state index contributed by atoms with van der Waals surface area (Å²) in [5.74, 6) is 0.429. The minimum atomic E-state index is 0.0230. The second-order valence-electron chi connectivity index (χ2n) is 9.43. The number of benzene rings is 3. The van der Waals surface area contributed by atoms with E-state index in [2.05, 4.69) is 52.1 Å². The predicted octanol–water partition coefficient (Wildman–Crippen LogP) is 5.38. The van der Waals surface area contributed by atoms with E-state index in [1.165, 1.54) is 19.3 Å². The van der Waals surface area contributed by atoms with Crippen molar-refractivity contribution in [3.8, 4) is 22.5 Å². The van der Waals surface area contributed by atoms with Crippen molar-refractivity contribution in [2.24, 2.45) is 0 Å². The Bertz CT molecular complexity index is 1490. The molecule has 0 amide bonds. The second-order valence-corrected chi connectivity index (χ2v) is 9.43. The van der Waals surface area contributed by atoms with E-state index in [0.29, 0.717) is 12.5 Å². The Balaban J connectivity index is 1.34. The first kappa shape index (κ1) is 22.2. The third-order valence-corrected chi connectivity index (χ3v) is 7.17. The molecule has 1 saturated carbocycles. The molecule has 0 spiro atoms. The van der Waals surface area contributed by atoms with Crippen LogP contribution in [0.4, 0.5) is 0 Å². The molecule has 0 radical (unpaired) electrons. The molecule has 3 aromatic carbocycles. The number of aromatic nitrogens is 6. The minimum Gasteiger partial charge on any atom is -0.291 e. The topological polar surface area (TPSA) is 70.5 Å². The van der Waals surface area contributed by atoms with Gasteiger partial charge in [0.2, 0.25) is 0 Å². The lowest BCUT2D eigenvalue weighted by molar-refractivity contribution is 0.425. The van der Waals surface area contributed by atoms with Crippen LogP contribution in [0.3, 0.4) is 0 Å². The molecule has 1 fully saturated rings. The van der Waals surface area contributed by atoms with Crippen molar-refractivity contribution in [1.82, 2.24) is 29.3 Å². The van der Waals surface area contributed by atoms with Gasteiger partial charge in [-0.1, -0.05) is 79.9 Å². The van der Waals surface area contributed by atoms with Crippen molar-refractivity contribution in [3.63, 3.8) is 0 Å². The number of para-hydroxylation sites is 2. The number of nitrogens with zero attached hydrogens (tertiary/aromatic N) is 6. The van der Waals surface area contributed by atoms with E-state index in [-0.39, 0.29) is 5.69 Å². The molecular weight excluding hydrogens is 448 g/mol. The summed E-state index contributed by atoms with van der Waals surface area (Å²) in [6, 6.07) is 26.4. The molecule has 2 aromatic heterocycles. The molecule has 0 N–H and O–H groups in total. The average molecular weight is 477 g/mol. The fourth-order valence-corrected chi connectivity index (χ4v) is 5.32. The summed E-state index contributed by atoms with van der Waals surface area (Å²) in [7, 11) is 0. The summed E-state index contributed by atoms with van der Waals surface area (Å²) in [5.41, 5.74) is 6.23. The molecule has 5 aromatic rings. The van der Waals surface area contributed by atoms with Crippen LogP contribution in [0.1, 0.15) is 49.3 Å². The Morgan fingerprint density at radius 3 is 2.33 bits per heavy atom. The van der Waals surface area contributed by atoms with Crippen LogP contribution in [0.15, 0.2) is 96.2 Å². The lowest BCUT2D eigenvalue weighted by atomic mass is 9.87. The quantitative estimate of drug-likeness (QED) is 0.330. The van der Waals surface area contributed by atoms with Crippen LogP contribution in [0, 0.1) is 0 Å². The van der Waals surface area contributed by atoms with Crippen LogP contribution in [0.5, 0.6) is 0 Å². The predicted molar refractivity (Wildman–Crippen MR) is 140 cm³/mol. The molecule has 180 valence electrons. The van der Waals surface area contributed by atoms with Crippen molar-refractivity contribution in [2.45, 2.75) is 44.6 Å². The summed E-state index contributed by atoms with van der Waals surface area (Å²) in [5, 5.41) is 11.6. The van der Waals surface area contributed by atoms with Gasteiger partial charge in [0.25, 0.3) is 0 Å². The highest BCUT2D eigenvalue weighted by Gasteiger charge is 2.23. The van der Waals surface area contributed by atoms with Gasteiger partial charge in [-0.2, -0.15) is 4.68 Å². The Morgan fingerprint density at radius 2 is 1.58 bits per heavy atom. The first-order chi connectivity index (χ1) is 17.8. The van der Waals surface area contributed by atoms with Gasteiger partial charge in [0, 0.05) is 23.4 Å². The molecule has 1 aliphatic rings. The third-order valence-electron chi connectivity index (χ3n) is 7.17. The summed E-state index contributed by atoms with van der Waals surface area (Å²) in [6.07, 6.45) is 9.70. The molecular formula is C29H28N6O. The Morgan fingerprint density at radius 1 is 0.833 bits per heavy atom. The van der Waals surface area contributed by atoms with Crippen LogP contribution in [0.25, 0.3) is 22.5 Å². The van der Waals surface area contributed by atoms with Crippen molar-refractivity contribution in [2.75, 3.05) is 0 Å². The van der Waals surface area contributed by atoms with Gasteiger partial charge in [0.15, 0.2) is 0 Å². The van der Waals surface area contributed by atoms with Gasteiger partial charge in [-0.05, 0) is 52.6 Å². The Hall–Kier alpha value is -4.26. The van der Waals surface area contributed by atoms with Crippen molar-refractivity contribution in [1.29, 1.82) is 0 Å². The molecule has 6 rings (SSSR count). The van der Waals surface area contributed by atoms with Gasteiger partial charge in [-0.15, -0.1) is 5.10 Å². The van der Waals surface area contributed by atoms with Crippen molar-refractivity contribution >= 4 is 0 Å². The first-order valence-electron chi connectivity index (χ1n) is 12.6. The zero-order valence-electron chi connectivity index (χ0n) is 20.1. The molecule has 2 heterocycles. The van der Waals surface area contributed by atoms with E-state index in [1.54, 1.807) is 15.6 Å². The van der Waals surface area contributed by atoms with E-state index in [9.17, 15) is 4.79 Å². The molecule has 0 bridgehead atoms. The number of tetrazole rings is 1. The van der Waals surface area contributed by atoms with Crippen molar-refractivity contribution < 1.29 is 0 Å². The lowest BCUT2D eigenvalue weighted by Gasteiger charge is -2.22. The van der Waals surface area contributed by atoms with Crippen molar-refractivity contribution in [3.05, 3.63) is 113 Å². The van der Waals surface area contributed by atoms with E-state index in [0.717, 1.165) is 46.6 Å². The summed E-state index contributed by atoms with van der Waals surface area (Å²) in [6.45, 7) is 0.555. The highest BCUT2D eigenvalue weighted by Crippen LogP contribution is 2.33. The molecule has 7 nitrogen and oxygen atoms in total. The normalized spacial score (nSPS) is 14.2. The molecule has 0 saturated heterocycles. The first-order valence-corrected chi connectivity index (χ1v) is 12.6. The maximum atomic E-state index is 13.6. The third kappa shape index (κ3) is 4.28. The summed E-state index contributed by atoms with van der Waals surface area (Å²) < 4.78 is 5.46. The second kappa shape index (κ2) is 9.77. The summed E-state index contributed by atoms with van der Waals surface area (Å²) >= 11 is 0. The monoisotopic (exact) mass is 476 g/mol. The fourth-order valence-electron chi connectivity index (χ4n) is 5.32. The summed E-state index contributed by atoms with van der Waals surface area (Å²) in [4.78, 5) is 13.6. The molecule has 0 unspecified atom stereocenters. The largest absolute Gasteiger partial charge is 0.333 e. The number of rotatable bonds is 6. The number of hydrogen-bond donors (Lipinski definition) is 0. The van der Waals surface area contributed by atoms with Gasteiger partial charge in [-0.3, -0.25) is 9.13 Å². The Kier molecular flexibility index (Phi) is 6.03. The molecule has 0 atom stereocenters. The van der Waals surface area contributed by atoms with Gasteiger partial charge in [0.05, 0.1) is 17.9 Å². The zero-order valence-corrected chi connectivity index (χ0v) is 20.1. The maximum Gasteiger partial charge on any atom is 0.333 e. The van der Waals surface area contributed by atoms with Gasteiger partial charge < -0.3 is 0 Å². The lowest BCUT2D eigenvalue weighted by Crippen LogP contribution is -2.25. The van der Waals surface area contributed by atoms with Gasteiger partial charge in [0.1, 0.15) is 6.33 Å². The van der Waals surface area contributed by atoms with Gasteiger partial charge in [-0.25, -0.2) is 4.79 Å². The van der Waals surface area contributed by atoms with Crippen LogP contribution < -0.4 is 5.69 Å². The molecule has 36 heavy (non-hydrogen) atoms. The zero-order chi connectivity index (χ0) is 24.3. The average Bonchev–Trinajstić information content (AvgIpc) is 3.59. The highest BCUT2D eigenvalue weighted by molar-refractivity contribution is 5.72. The highest BCUT2D eigenvalue weighted by atomic mass is 16.1. The Labute approximate surface area is 209 Å². The van der Waals surface area contributed by atoms with E-state index < -0.39 is 0 Å². The number of hydrogen-bond acceptors (Lipinski definition) is 4. The fraction of sp³-hybridized carbons (Fsp3) is 0.241. The van der Waals surface area contributed by atoms with Gasteiger partial charge >= 0.3 is 5.69 Å². The van der Waals surface area contributed by atoms with E-state index in [4.69, 9.17) is 0 Å².